The van der Waals surface area contributed by atoms with Gasteiger partial charge in [0.1, 0.15) is 24.2 Å². The summed E-state index contributed by atoms with van der Waals surface area (Å²) in [6.45, 7) is 13.2. The Balaban J connectivity index is 3.58. The second-order valence-corrected chi connectivity index (χ2v) is 13.2. The van der Waals surface area contributed by atoms with Gasteiger partial charge in [0.15, 0.2) is 5.78 Å². The summed E-state index contributed by atoms with van der Waals surface area (Å²) in [5.41, 5.74) is 0. The molecule has 7 atom stereocenters. The number of unbranched alkanes of at least 4 members (excludes halogenated alkanes) is 4. The summed E-state index contributed by atoms with van der Waals surface area (Å²) >= 11 is 0. The molecule has 13 nitrogen and oxygen atoms in total. The van der Waals surface area contributed by atoms with Gasteiger partial charge in [-0.25, -0.2) is 4.79 Å². The van der Waals surface area contributed by atoms with Crippen LogP contribution in [0.4, 0.5) is 4.79 Å². The van der Waals surface area contributed by atoms with E-state index in [1.165, 1.54) is 11.9 Å². The first kappa shape index (κ1) is 40.8. The second-order valence-electron chi connectivity index (χ2n) is 13.2. The van der Waals surface area contributed by atoms with E-state index in [1.807, 2.05) is 13.8 Å². The summed E-state index contributed by atoms with van der Waals surface area (Å²) in [4.78, 5) is 81.6. The molecule has 0 aliphatic carbocycles. The molecule has 13 heteroatoms. The third-order valence-corrected chi connectivity index (χ3v) is 8.79. The molecule has 1 heterocycles. The third kappa shape index (κ3) is 12.2. The van der Waals surface area contributed by atoms with Crippen molar-refractivity contribution in [2.45, 2.75) is 131 Å². The van der Waals surface area contributed by atoms with Crippen molar-refractivity contribution in [2.24, 2.45) is 23.7 Å². The van der Waals surface area contributed by atoms with Crippen LogP contribution >= 0.6 is 0 Å². The second kappa shape index (κ2) is 20.1. The lowest BCUT2D eigenvalue weighted by molar-refractivity contribution is -0.147. The van der Waals surface area contributed by atoms with Gasteiger partial charge in [0, 0.05) is 7.05 Å². The van der Waals surface area contributed by atoms with Gasteiger partial charge in [0.25, 0.3) is 0 Å². The van der Waals surface area contributed by atoms with E-state index in [9.17, 15) is 33.9 Å². The summed E-state index contributed by atoms with van der Waals surface area (Å²) in [7, 11) is 1.53. The zero-order valence-corrected chi connectivity index (χ0v) is 29.3. The van der Waals surface area contributed by atoms with Crippen molar-refractivity contribution in [1.29, 1.82) is 0 Å². The zero-order valence-electron chi connectivity index (χ0n) is 29.3. The van der Waals surface area contributed by atoms with Crippen LogP contribution < -0.4 is 21.3 Å². The van der Waals surface area contributed by atoms with Gasteiger partial charge in [-0.3, -0.25) is 24.0 Å². The van der Waals surface area contributed by atoms with E-state index in [4.69, 9.17) is 4.74 Å². The Hall–Kier alpha value is -3.22. The number of Topliss-reactive ketones (excluding diaryl/α,β-unsaturated/α-hetero) is 1. The number of amides is 5. The fourth-order valence-electron chi connectivity index (χ4n) is 5.57. The average Bonchev–Trinajstić information content (AvgIpc) is 3.01. The van der Waals surface area contributed by atoms with Crippen LogP contribution in [0, 0.1) is 23.7 Å². The number of alkyl carbamates (subject to hydrolysis) is 1. The first-order valence-corrected chi connectivity index (χ1v) is 16.9. The Bertz CT molecular complexity index is 1040. The molecule has 0 saturated carbocycles. The van der Waals surface area contributed by atoms with Crippen LogP contribution in [0.2, 0.25) is 0 Å². The Morgan fingerprint density at radius 2 is 1.41 bits per heavy atom. The monoisotopic (exact) mass is 653 g/mol. The minimum atomic E-state index is -1.41. The minimum Gasteiger partial charge on any atom is -0.445 e. The highest BCUT2D eigenvalue weighted by Crippen LogP contribution is 2.23. The third-order valence-electron chi connectivity index (χ3n) is 8.79. The van der Waals surface area contributed by atoms with Crippen molar-refractivity contribution >= 4 is 35.5 Å². The molecule has 1 fully saturated rings. The van der Waals surface area contributed by atoms with E-state index in [2.05, 4.69) is 28.2 Å². The summed E-state index contributed by atoms with van der Waals surface area (Å²) < 4.78 is 5.74. The molecule has 5 amide bonds. The lowest BCUT2D eigenvalue weighted by Gasteiger charge is -2.36. The maximum Gasteiger partial charge on any atom is 0.407 e. The highest BCUT2D eigenvalue weighted by molar-refractivity contribution is 5.97. The number of ether oxygens (including phenoxy) is 1. The standard InChI is InChI=1S/C33H59N5O8/c1-10-12-13-14-15-16-25-22(8)32(44)38(9)28(21(7)11-2)31(43)37-27(20(5)6)30(42)35-23(18-39)29(41)36-26(19(3)4)24(40)17-34-33(45)46-25/h19-23,25-28,39H,10-18H2,1-9H3,(H,34,45)(H,35,42)(H,36,41)(H,37,43). The average molecular weight is 654 g/mol. The van der Waals surface area contributed by atoms with Gasteiger partial charge in [-0.1, -0.05) is 87.5 Å². The molecule has 5 N–H and O–H groups in total. The van der Waals surface area contributed by atoms with Crippen molar-refractivity contribution in [3.05, 3.63) is 0 Å². The predicted molar refractivity (Wildman–Crippen MR) is 174 cm³/mol. The van der Waals surface area contributed by atoms with Crippen LogP contribution in [-0.2, 0) is 28.7 Å². The van der Waals surface area contributed by atoms with Crippen molar-refractivity contribution in [3.63, 3.8) is 0 Å². The maximum atomic E-state index is 13.9. The lowest BCUT2D eigenvalue weighted by Crippen LogP contribution is -2.61. The predicted octanol–water partition coefficient (Wildman–Crippen LogP) is 2.29. The number of hydrogen-bond acceptors (Lipinski definition) is 8. The van der Waals surface area contributed by atoms with Crippen LogP contribution in [-0.4, -0.2) is 96.0 Å². The molecule has 0 bridgehead atoms. The number of likely N-dealkylation sites (N-methyl/N-ethyl adjacent to an activating group) is 1. The van der Waals surface area contributed by atoms with E-state index >= 15 is 0 Å². The summed E-state index contributed by atoms with van der Waals surface area (Å²) in [6.07, 6.45) is 4.01. The number of rotatable bonds is 11. The number of nitrogens with one attached hydrogen (secondary N) is 4. The molecular formula is C33H59N5O8. The highest BCUT2D eigenvalue weighted by Gasteiger charge is 2.39. The van der Waals surface area contributed by atoms with Gasteiger partial charge >= 0.3 is 6.09 Å². The minimum absolute atomic E-state index is 0.294. The maximum absolute atomic E-state index is 13.9. The Kier molecular flexibility index (Phi) is 17.8. The molecule has 0 radical (unpaired) electrons. The van der Waals surface area contributed by atoms with Crippen molar-refractivity contribution in [2.75, 3.05) is 20.2 Å². The number of cyclic esters (lactones) is 1. The fraction of sp³-hybridized carbons (Fsp3) is 0.818. The molecule has 264 valence electrons. The van der Waals surface area contributed by atoms with Gasteiger partial charge in [-0.05, 0) is 30.6 Å². The number of carbonyl (C=O) groups excluding carboxylic acids is 6. The summed E-state index contributed by atoms with van der Waals surface area (Å²) in [6, 6.07) is -4.49. The Morgan fingerprint density at radius 1 is 0.826 bits per heavy atom. The molecule has 1 aliphatic rings. The van der Waals surface area contributed by atoms with Gasteiger partial charge in [0.05, 0.1) is 25.1 Å². The van der Waals surface area contributed by atoms with Gasteiger partial charge in [-0.2, -0.15) is 0 Å². The first-order valence-electron chi connectivity index (χ1n) is 16.9. The van der Waals surface area contributed by atoms with Crippen LogP contribution in [0.5, 0.6) is 0 Å². The van der Waals surface area contributed by atoms with Crippen LogP contribution in [0.25, 0.3) is 0 Å². The molecule has 0 aromatic rings. The van der Waals surface area contributed by atoms with E-state index < -0.39 is 90.8 Å². The fourth-order valence-corrected chi connectivity index (χ4v) is 5.57. The number of aliphatic hydroxyl groups is 1. The summed E-state index contributed by atoms with van der Waals surface area (Å²) in [5, 5.41) is 20.3. The molecule has 1 saturated heterocycles. The van der Waals surface area contributed by atoms with E-state index in [0.29, 0.717) is 19.3 Å². The van der Waals surface area contributed by atoms with Crippen LogP contribution in [0.1, 0.15) is 100 Å². The highest BCUT2D eigenvalue weighted by atomic mass is 16.6. The largest absolute Gasteiger partial charge is 0.445 e. The normalized spacial score (nSPS) is 27.2. The van der Waals surface area contributed by atoms with E-state index in [-0.39, 0.29) is 11.8 Å². The number of ketones is 1. The van der Waals surface area contributed by atoms with E-state index in [1.54, 1.807) is 34.6 Å². The number of hydrogen-bond donors (Lipinski definition) is 5. The van der Waals surface area contributed by atoms with E-state index in [0.717, 1.165) is 25.7 Å². The molecule has 0 aromatic carbocycles. The van der Waals surface area contributed by atoms with Crippen molar-refractivity contribution in [1.82, 2.24) is 26.2 Å². The molecular weight excluding hydrogens is 594 g/mol. The zero-order chi connectivity index (χ0) is 35.1. The van der Waals surface area contributed by atoms with Crippen LogP contribution in [0.15, 0.2) is 0 Å². The topological polar surface area (TPSA) is 183 Å². The quantitative estimate of drug-likeness (QED) is 0.211. The van der Waals surface area contributed by atoms with Crippen molar-refractivity contribution < 1.29 is 38.6 Å². The Morgan fingerprint density at radius 3 is 1.96 bits per heavy atom. The van der Waals surface area contributed by atoms with Gasteiger partial charge < -0.3 is 36.0 Å². The molecule has 1 rings (SSSR count). The lowest BCUT2D eigenvalue weighted by atomic mass is 9.92. The van der Waals surface area contributed by atoms with Crippen LogP contribution in [0.3, 0.4) is 0 Å². The van der Waals surface area contributed by atoms with Crippen molar-refractivity contribution in [3.8, 4) is 0 Å². The van der Waals surface area contributed by atoms with Gasteiger partial charge in [0.2, 0.25) is 23.6 Å². The smallest absolute Gasteiger partial charge is 0.407 e. The molecule has 7 unspecified atom stereocenters. The molecule has 0 spiro atoms. The summed E-state index contributed by atoms with van der Waals surface area (Å²) in [5.74, 6) is -4.85. The number of carbonyl (C=O) groups is 6. The molecule has 1 aliphatic heterocycles. The first-order chi connectivity index (χ1) is 21.6. The number of nitrogens with zero attached hydrogens (tertiary/aromatic N) is 1. The SMILES string of the molecule is CCCCCCCC1OC(=O)NCC(=O)C(C(C)C)NC(=O)C(CO)NC(=O)C(C(C)C)NC(=O)C(C(C)CC)N(C)C(=O)C1C. The molecule has 46 heavy (non-hydrogen) atoms. The molecule has 0 aromatic heterocycles. The van der Waals surface area contributed by atoms with Gasteiger partial charge in [-0.15, -0.1) is 0 Å². The number of aliphatic hydroxyl groups excluding tert-OH is 1. The Labute approximate surface area is 274 Å².